The molecular formula is C13H20N6S. The first kappa shape index (κ1) is 14.5. The van der Waals surface area contributed by atoms with Crippen LogP contribution in [0.2, 0.25) is 0 Å². The van der Waals surface area contributed by atoms with E-state index in [9.17, 15) is 0 Å². The average molecular weight is 292 g/mol. The van der Waals surface area contributed by atoms with Gasteiger partial charge in [-0.05, 0) is 6.92 Å². The van der Waals surface area contributed by atoms with Gasteiger partial charge in [-0.1, -0.05) is 0 Å². The van der Waals surface area contributed by atoms with Gasteiger partial charge in [0.15, 0.2) is 5.96 Å². The Morgan fingerprint density at radius 2 is 2.35 bits per heavy atom. The fourth-order valence-electron chi connectivity index (χ4n) is 1.93. The van der Waals surface area contributed by atoms with E-state index in [1.807, 2.05) is 33.4 Å². The van der Waals surface area contributed by atoms with Crippen LogP contribution in [0.5, 0.6) is 0 Å². The molecular weight excluding hydrogens is 272 g/mol. The zero-order valence-corrected chi connectivity index (χ0v) is 13.1. The predicted octanol–water partition coefficient (Wildman–Crippen LogP) is 1.39. The van der Waals surface area contributed by atoms with Crippen LogP contribution in [0.25, 0.3) is 0 Å². The SMILES string of the molecule is CN=C(NCc1cnn(C)c1)N(C)Cc1csc(C)n1. The maximum atomic E-state index is 4.47. The third-order valence-electron chi connectivity index (χ3n) is 2.85. The highest BCUT2D eigenvalue weighted by Gasteiger charge is 2.08. The van der Waals surface area contributed by atoms with Crippen molar-refractivity contribution >= 4 is 17.3 Å². The van der Waals surface area contributed by atoms with Crippen LogP contribution >= 0.6 is 11.3 Å². The Bertz CT molecular complexity index is 585. The highest BCUT2D eigenvalue weighted by Crippen LogP contribution is 2.09. The molecule has 0 fully saturated rings. The molecule has 6 nitrogen and oxygen atoms in total. The molecule has 108 valence electrons. The zero-order chi connectivity index (χ0) is 14.5. The Morgan fingerprint density at radius 1 is 1.55 bits per heavy atom. The minimum absolute atomic E-state index is 0.709. The third-order valence-corrected chi connectivity index (χ3v) is 3.67. The lowest BCUT2D eigenvalue weighted by Gasteiger charge is -2.20. The van der Waals surface area contributed by atoms with Crippen molar-refractivity contribution in [3.05, 3.63) is 34.0 Å². The van der Waals surface area contributed by atoms with Gasteiger partial charge >= 0.3 is 0 Å². The van der Waals surface area contributed by atoms with Gasteiger partial charge in [-0.2, -0.15) is 5.10 Å². The maximum Gasteiger partial charge on any atom is 0.194 e. The summed E-state index contributed by atoms with van der Waals surface area (Å²) in [6.45, 7) is 3.47. The monoisotopic (exact) mass is 292 g/mol. The molecule has 0 unspecified atom stereocenters. The Kier molecular flexibility index (Phi) is 4.73. The van der Waals surface area contributed by atoms with Gasteiger partial charge in [-0.15, -0.1) is 11.3 Å². The molecule has 20 heavy (non-hydrogen) atoms. The summed E-state index contributed by atoms with van der Waals surface area (Å²) in [5, 5.41) is 10.6. The van der Waals surface area contributed by atoms with Crippen molar-refractivity contribution < 1.29 is 0 Å². The quantitative estimate of drug-likeness (QED) is 0.683. The van der Waals surface area contributed by atoms with E-state index in [1.165, 1.54) is 0 Å². The highest BCUT2D eigenvalue weighted by atomic mass is 32.1. The summed E-state index contributed by atoms with van der Waals surface area (Å²) in [6.07, 6.45) is 3.84. The molecule has 0 radical (unpaired) electrons. The van der Waals surface area contributed by atoms with Gasteiger partial charge in [0, 0.05) is 44.8 Å². The zero-order valence-electron chi connectivity index (χ0n) is 12.3. The molecule has 0 aromatic carbocycles. The van der Waals surface area contributed by atoms with Gasteiger partial charge in [0.1, 0.15) is 0 Å². The number of rotatable bonds is 4. The standard InChI is InChI=1S/C13H20N6S/c1-10-17-12(9-20-10)8-18(3)13(14-2)15-5-11-6-16-19(4)7-11/h6-7,9H,5,8H2,1-4H3,(H,14,15). The molecule has 1 N–H and O–H groups in total. The average Bonchev–Trinajstić information content (AvgIpc) is 2.99. The molecule has 2 aromatic heterocycles. The number of thiazole rings is 1. The second kappa shape index (κ2) is 6.51. The van der Waals surface area contributed by atoms with Gasteiger partial charge in [0.2, 0.25) is 0 Å². The number of nitrogens with one attached hydrogen (secondary N) is 1. The molecule has 2 rings (SSSR count). The number of hydrogen-bond donors (Lipinski definition) is 1. The van der Waals surface area contributed by atoms with E-state index in [1.54, 1.807) is 23.1 Å². The summed E-state index contributed by atoms with van der Waals surface area (Å²) in [7, 11) is 5.71. The van der Waals surface area contributed by atoms with Crippen molar-refractivity contribution in [3.8, 4) is 0 Å². The molecule has 7 heteroatoms. The first-order valence-corrected chi connectivity index (χ1v) is 7.26. The molecule has 0 bridgehead atoms. The first-order valence-electron chi connectivity index (χ1n) is 6.39. The molecule has 0 aliphatic rings. The van der Waals surface area contributed by atoms with Gasteiger partial charge in [0.05, 0.1) is 23.4 Å². The van der Waals surface area contributed by atoms with Gasteiger partial charge in [-0.25, -0.2) is 4.98 Å². The van der Waals surface area contributed by atoms with Crippen LogP contribution in [0.4, 0.5) is 0 Å². The molecule has 0 saturated carbocycles. The minimum atomic E-state index is 0.709. The number of aliphatic imine (C=N–C) groups is 1. The predicted molar refractivity (Wildman–Crippen MR) is 81.7 cm³/mol. The molecule has 0 aliphatic heterocycles. The normalized spacial score (nSPS) is 11.7. The van der Waals surface area contributed by atoms with E-state index in [0.29, 0.717) is 6.54 Å². The Morgan fingerprint density at radius 3 is 2.90 bits per heavy atom. The van der Waals surface area contributed by atoms with E-state index in [-0.39, 0.29) is 0 Å². The van der Waals surface area contributed by atoms with Crippen LogP contribution in [0.1, 0.15) is 16.3 Å². The number of guanidine groups is 1. The van der Waals surface area contributed by atoms with Crippen LogP contribution in [-0.2, 0) is 20.1 Å². The Balaban J connectivity index is 1.90. The molecule has 2 heterocycles. The fourth-order valence-corrected chi connectivity index (χ4v) is 2.53. The van der Waals surface area contributed by atoms with E-state index >= 15 is 0 Å². The van der Waals surface area contributed by atoms with Crippen LogP contribution in [0.15, 0.2) is 22.8 Å². The number of aryl methyl sites for hydroxylation is 2. The van der Waals surface area contributed by atoms with E-state index in [4.69, 9.17) is 0 Å². The molecule has 0 aliphatic carbocycles. The first-order chi connectivity index (χ1) is 9.58. The van der Waals surface area contributed by atoms with Crippen molar-refractivity contribution in [2.75, 3.05) is 14.1 Å². The molecule has 0 saturated heterocycles. The van der Waals surface area contributed by atoms with E-state index < -0.39 is 0 Å². The Hall–Kier alpha value is -1.89. The van der Waals surface area contributed by atoms with Crippen LogP contribution in [0.3, 0.4) is 0 Å². The Labute approximate surface area is 123 Å². The largest absolute Gasteiger partial charge is 0.352 e. The minimum Gasteiger partial charge on any atom is -0.352 e. The summed E-state index contributed by atoms with van der Waals surface area (Å²) >= 11 is 1.67. The van der Waals surface area contributed by atoms with Crippen molar-refractivity contribution in [2.45, 2.75) is 20.0 Å². The summed E-state index contributed by atoms with van der Waals surface area (Å²) in [5.41, 5.74) is 2.20. The topological polar surface area (TPSA) is 58.3 Å². The lowest BCUT2D eigenvalue weighted by atomic mass is 10.3. The smallest absolute Gasteiger partial charge is 0.194 e. The van der Waals surface area contributed by atoms with Crippen molar-refractivity contribution in [1.29, 1.82) is 0 Å². The number of nitrogens with zero attached hydrogens (tertiary/aromatic N) is 5. The van der Waals surface area contributed by atoms with E-state index in [0.717, 1.165) is 28.8 Å². The summed E-state index contributed by atoms with van der Waals surface area (Å²) < 4.78 is 1.79. The van der Waals surface area contributed by atoms with Gasteiger partial charge in [0.25, 0.3) is 0 Å². The van der Waals surface area contributed by atoms with Gasteiger partial charge < -0.3 is 10.2 Å². The lowest BCUT2D eigenvalue weighted by molar-refractivity contribution is 0.470. The second-order valence-electron chi connectivity index (χ2n) is 4.64. The van der Waals surface area contributed by atoms with Crippen molar-refractivity contribution in [3.63, 3.8) is 0 Å². The summed E-state index contributed by atoms with van der Waals surface area (Å²) in [5.74, 6) is 0.847. The molecule has 0 amide bonds. The van der Waals surface area contributed by atoms with Crippen LogP contribution in [-0.4, -0.2) is 39.7 Å². The van der Waals surface area contributed by atoms with Gasteiger partial charge in [-0.3, -0.25) is 9.67 Å². The highest BCUT2D eigenvalue weighted by molar-refractivity contribution is 7.09. The fraction of sp³-hybridized carbons (Fsp3) is 0.462. The van der Waals surface area contributed by atoms with Crippen molar-refractivity contribution in [1.82, 2.24) is 25.0 Å². The lowest BCUT2D eigenvalue weighted by Crippen LogP contribution is -2.38. The van der Waals surface area contributed by atoms with Crippen LogP contribution in [0, 0.1) is 6.92 Å². The molecule has 0 spiro atoms. The second-order valence-corrected chi connectivity index (χ2v) is 5.70. The molecule has 2 aromatic rings. The number of aromatic nitrogens is 3. The van der Waals surface area contributed by atoms with E-state index in [2.05, 4.69) is 30.7 Å². The third kappa shape index (κ3) is 3.80. The van der Waals surface area contributed by atoms with Crippen LogP contribution < -0.4 is 5.32 Å². The number of hydrogen-bond acceptors (Lipinski definition) is 4. The summed E-state index contributed by atoms with van der Waals surface area (Å²) in [6, 6.07) is 0. The summed E-state index contributed by atoms with van der Waals surface area (Å²) in [4.78, 5) is 10.8. The molecule has 0 atom stereocenters. The van der Waals surface area contributed by atoms with Crippen molar-refractivity contribution in [2.24, 2.45) is 12.0 Å². The maximum absolute atomic E-state index is 4.47.